The summed E-state index contributed by atoms with van der Waals surface area (Å²) in [5.41, 5.74) is 6.62. The first kappa shape index (κ1) is 23.5. The van der Waals surface area contributed by atoms with Crippen LogP contribution in [0.15, 0.2) is 54.1 Å². The molecule has 5 rings (SSSR count). The number of rotatable bonds is 6. The molecule has 0 radical (unpaired) electrons. The first-order valence-corrected chi connectivity index (χ1v) is 12.7. The molecule has 1 fully saturated rings. The van der Waals surface area contributed by atoms with E-state index in [-0.39, 0.29) is 18.4 Å². The molecule has 1 saturated heterocycles. The van der Waals surface area contributed by atoms with Crippen LogP contribution in [-0.2, 0) is 24.3 Å². The van der Waals surface area contributed by atoms with Crippen molar-refractivity contribution in [3.63, 3.8) is 0 Å². The summed E-state index contributed by atoms with van der Waals surface area (Å²) in [5.74, 6) is 0.362. The number of fused-ring (bicyclic) bond motifs is 1. The largest absolute Gasteiger partial charge is 0.353 e. The molecule has 1 aliphatic carbocycles. The van der Waals surface area contributed by atoms with E-state index in [0.717, 1.165) is 49.2 Å². The molecule has 35 heavy (non-hydrogen) atoms. The van der Waals surface area contributed by atoms with E-state index in [1.807, 2.05) is 22.9 Å². The Morgan fingerprint density at radius 3 is 2.69 bits per heavy atom. The SMILES string of the molecule is C=C(C)[C@@H]1CC=C(CN2CCc3c(c(C(=O)N4CCNC(=O)C4)nn3Cc3ccccc3)C2)CC1. The molecule has 0 bridgehead atoms. The Bertz CT molecular complexity index is 1150. The monoisotopic (exact) mass is 473 g/mol. The van der Waals surface area contributed by atoms with Gasteiger partial charge < -0.3 is 10.2 Å². The standard InChI is InChI=1S/C28H35N5O2/c1-20(2)23-10-8-22(9-11-23)16-31-14-12-25-24(18-31)27(28(35)32-15-13-29-26(34)19-32)30-33(25)17-21-6-4-3-5-7-21/h3-8,23H,1,9-19H2,2H3,(H,29,34)/t23-/m1/s1. The fourth-order valence-electron chi connectivity index (χ4n) is 5.47. The van der Waals surface area contributed by atoms with Crippen LogP contribution in [0.5, 0.6) is 0 Å². The van der Waals surface area contributed by atoms with Gasteiger partial charge in [-0.05, 0) is 37.7 Å². The van der Waals surface area contributed by atoms with Gasteiger partial charge in [0.05, 0.1) is 13.1 Å². The Morgan fingerprint density at radius 2 is 1.97 bits per heavy atom. The average Bonchev–Trinajstić information content (AvgIpc) is 3.22. The Kier molecular flexibility index (Phi) is 6.86. The van der Waals surface area contributed by atoms with E-state index in [9.17, 15) is 9.59 Å². The van der Waals surface area contributed by atoms with Gasteiger partial charge >= 0.3 is 0 Å². The number of hydrogen-bond acceptors (Lipinski definition) is 4. The molecule has 1 N–H and O–H groups in total. The Labute approximate surface area is 207 Å². The molecule has 7 heteroatoms. The van der Waals surface area contributed by atoms with Crippen molar-refractivity contribution in [2.45, 2.75) is 45.7 Å². The number of piperazine rings is 1. The Hall–Kier alpha value is -3.19. The quantitative estimate of drug-likeness (QED) is 0.655. The first-order valence-electron chi connectivity index (χ1n) is 12.7. The lowest BCUT2D eigenvalue weighted by atomic mass is 9.85. The van der Waals surface area contributed by atoms with Gasteiger partial charge in [0.2, 0.25) is 5.91 Å². The van der Waals surface area contributed by atoms with Crippen molar-refractivity contribution in [3.8, 4) is 0 Å². The number of nitrogens with one attached hydrogen (secondary N) is 1. The maximum Gasteiger partial charge on any atom is 0.275 e. The Morgan fingerprint density at radius 1 is 1.14 bits per heavy atom. The predicted molar refractivity (Wildman–Crippen MR) is 136 cm³/mol. The van der Waals surface area contributed by atoms with Gasteiger partial charge in [-0.15, -0.1) is 0 Å². The molecule has 3 aliphatic rings. The second-order valence-electron chi connectivity index (χ2n) is 10.1. The van der Waals surface area contributed by atoms with Crippen LogP contribution >= 0.6 is 0 Å². The second kappa shape index (κ2) is 10.2. The molecule has 1 aromatic heterocycles. The zero-order valence-electron chi connectivity index (χ0n) is 20.6. The van der Waals surface area contributed by atoms with Gasteiger partial charge in [-0.2, -0.15) is 5.10 Å². The van der Waals surface area contributed by atoms with Crippen LogP contribution in [0.1, 0.15) is 53.5 Å². The summed E-state index contributed by atoms with van der Waals surface area (Å²) in [7, 11) is 0. The van der Waals surface area contributed by atoms with Crippen LogP contribution in [0.25, 0.3) is 0 Å². The van der Waals surface area contributed by atoms with Crippen molar-refractivity contribution >= 4 is 11.8 Å². The minimum absolute atomic E-state index is 0.0969. The van der Waals surface area contributed by atoms with Gasteiger partial charge in [0.25, 0.3) is 5.91 Å². The smallest absolute Gasteiger partial charge is 0.275 e. The van der Waals surface area contributed by atoms with E-state index >= 15 is 0 Å². The summed E-state index contributed by atoms with van der Waals surface area (Å²) in [6.07, 6.45) is 6.64. The van der Waals surface area contributed by atoms with E-state index in [1.54, 1.807) is 4.90 Å². The van der Waals surface area contributed by atoms with Gasteiger partial charge in [0.15, 0.2) is 5.69 Å². The number of carbonyl (C=O) groups excluding carboxylic acids is 2. The molecule has 2 amide bonds. The number of aromatic nitrogens is 2. The van der Waals surface area contributed by atoms with Gasteiger partial charge in [-0.25, -0.2) is 0 Å². The van der Waals surface area contributed by atoms with E-state index in [1.165, 1.54) is 17.6 Å². The molecule has 0 unspecified atom stereocenters. The molecule has 1 atom stereocenters. The van der Waals surface area contributed by atoms with Crippen molar-refractivity contribution in [2.75, 3.05) is 32.7 Å². The van der Waals surface area contributed by atoms with Gasteiger partial charge in [-0.3, -0.25) is 19.2 Å². The summed E-state index contributed by atoms with van der Waals surface area (Å²) < 4.78 is 2.01. The van der Waals surface area contributed by atoms with Crippen LogP contribution in [0.2, 0.25) is 0 Å². The van der Waals surface area contributed by atoms with Crippen LogP contribution in [-0.4, -0.2) is 64.1 Å². The predicted octanol–water partition coefficient (Wildman–Crippen LogP) is 3.16. The van der Waals surface area contributed by atoms with Crippen molar-refractivity contribution in [2.24, 2.45) is 5.92 Å². The second-order valence-corrected chi connectivity index (χ2v) is 10.1. The highest BCUT2D eigenvalue weighted by atomic mass is 16.2. The summed E-state index contributed by atoms with van der Waals surface area (Å²) in [6, 6.07) is 10.2. The summed E-state index contributed by atoms with van der Waals surface area (Å²) in [5, 5.41) is 7.64. The maximum absolute atomic E-state index is 13.5. The molecule has 184 valence electrons. The van der Waals surface area contributed by atoms with Crippen LogP contribution in [0, 0.1) is 5.92 Å². The van der Waals surface area contributed by atoms with Crippen molar-refractivity contribution < 1.29 is 9.59 Å². The van der Waals surface area contributed by atoms with Crippen LogP contribution < -0.4 is 5.32 Å². The highest BCUT2D eigenvalue weighted by molar-refractivity contribution is 5.97. The minimum Gasteiger partial charge on any atom is -0.353 e. The van der Waals surface area contributed by atoms with Crippen LogP contribution in [0.4, 0.5) is 0 Å². The normalized spacial score (nSPS) is 20.7. The number of nitrogens with zero attached hydrogens (tertiary/aromatic N) is 4. The zero-order chi connectivity index (χ0) is 24.4. The lowest BCUT2D eigenvalue weighted by molar-refractivity contribution is -0.123. The van der Waals surface area contributed by atoms with Gasteiger partial charge in [-0.1, -0.05) is 54.1 Å². The third-order valence-corrected chi connectivity index (χ3v) is 7.54. The molecule has 0 saturated carbocycles. The Balaban J connectivity index is 1.38. The molecule has 2 aromatic rings. The van der Waals surface area contributed by atoms with E-state index in [2.05, 4.69) is 41.9 Å². The van der Waals surface area contributed by atoms with Gasteiger partial charge in [0, 0.05) is 50.4 Å². The highest BCUT2D eigenvalue weighted by Gasteiger charge is 2.32. The van der Waals surface area contributed by atoms with Crippen molar-refractivity contribution in [3.05, 3.63) is 76.6 Å². The number of allylic oxidation sites excluding steroid dienone is 2. The van der Waals surface area contributed by atoms with Gasteiger partial charge in [0.1, 0.15) is 0 Å². The molecular formula is C28H35N5O2. The van der Waals surface area contributed by atoms with Crippen LogP contribution in [0.3, 0.4) is 0 Å². The van der Waals surface area contributed by atoms with Crippen molar-refractivity contribution in [1.82, 2.24) is 24.9 Å². The molecular weight excluding hydrogens is 438 g/mol. The van der Waals surface area contributed by atoms with Crippen molar-refractivity contribution in [1.29, 1.82) is 0 Å². The summed E-state index contributed by atoms with van der Waals surface area (Å²) in [6.45, 7) is 10.6. The fraction of sp³-hybridized carbons (Fsp3) is 0.464. The zero-order valence-corrected chi connectivity index (χ0v) is 20.6. The molecule has 1 aromatic carbocycles. The fourth-order valence-corrected chi connectivity index (χ4v) is 5.47. The van der Waals surface area contributed by atoms with E-state index < -0.39 is 0 Å². The first-order chi connectivity index (χ1) is 17.0. The maximum atomic E-state index is 13.5. The molecule has 0 spiro atoms. The number of hydrogen-bond donors (Lipinski definition) is 1. The molecule has 3 heterocycles. The summed E-state index contributed by atoms with van der Waals surface area (Å²) >= 11 is 0. The number of amides is 2. The highest BCUT2D eigenvalue weighted by Crippen LogP contribution is 2.30. The average molecular weight is 474 g/mol. The summed E-state index contributed by atoms with van der Waals surface area (Å²) in [4.78, 5) is 29.5. The topological polar surface area (TPSA) is 70.5 Å². The lowest BCUT2D eigenvalue weighted by Gasteiger charge is -2.31. The number of benzene rings is 1. The molecule has 2 aliphatic heterocycles. The third kappa shape index (κ3) is 5.25. The number of carbonyl (C=O) groups is 2. The van der Waals surface area contributed by atoms with E-state index in [4.69, 9.17) is 5.10 Å². The molecule has 7 nitrogen and oxygen atoms in total. The lowest BCUT2D eigenvalue weighted by Crippen LogP contribution is -2.50. The van der Waals surface area contributed by atoms with E-state index in [0.29, 0.717) is 37.8 Å². The minimum atomic E-state index is -0.133. The third-order valence-electron chi connectivity index (χ3n) is 7.54.